The Hall–Kier alpha value is -5.68. The molecule has 6 rings (SSSR count). The van der Waals surface area contributed by atoms with Gasteiger partial charge in [-0.1, -0.05) is 42.5 Å². The highest BCUT2D eigenvalue weighted by Crippen LogP contribution is 2.35. The number of nitrogens with zero attached hydrogens (tertiary/aromatic N) is 3. The molecule has 0 radical (unpaired) electrons. The van der Waals surface area contributed by atoms with Gasteiger partial charge in [0.25, 0.3) is 30.4 Å². The number of anilines is 4. The van der Waals surface area contributed by atoms with Gasteiger partial charge < -0.3 is 9.80 Å². The molecule has 5 aromatic rings. The van der Waals surface area contributed by atoms with E-state index in [1.807, 2.05) is 72.8 Å². The molecule has 1 aliphatic rings. The van der Waals surface area contributed by atoms with E-state index in [-0.39, 0.29) is 14.7 Å². The maximum absolute atomic E-state index is 11.8. The van der Waals surface area contributed by atoms with Crippen LogP contribution in [-0.2, 0) is 30.4 Å². The van der Waals surface area contributed by atoms with Crippen LogP contribution in [0.25, 0.3) is 5.57 Å². The van der Waals surface area contributed by atoms with Gasteiger partial charge in [-0.25, -0.2) is 0 Å². The average molecular weight is 799 g/mol. The van der Waals surface area contributed by atoms with E-state index in [1.165, 1.54) is 36.4 Å². The van der Waals surface area contributed by atoms with Gasteiger partial charge in [0.1, 0.15) is 11.9 Å². The van der Waals surface area contributed by atoms with E-state index in [4.69, 9.17) is 0 Å². The highest BCUT2D eigenvalue weighted by Gasteiger charge is 2.19. The van der Waals surface area contributed by atoms with Crippen molar-refractivity contribution in [3.8, 4) is 0 Å². The molecule has 3 N–H and O–H groups in total. The topological polar surface area (TPSA) is 173 Å². The lowest BCUT2D eigenvalue weighted by molar-refractivity contribution is -0.403. The fourth-order valence-electron chi connectivity index (χ4n) is 6.06. The van der Waals surface area contributed by atoms with E-state index in [1.54, 1.807) is 71.9 Å². The maximum atomic E-state index is 11.8. The SMILES string of the molecule is CN(c1ccc(C(=C2C=CC(=[N+](C)c3cccc(S(=O)(=O)O)c3)C=C2)c2ccc(N(C)c3cccc(S(=O)(=O)O)c3)cc2)cc1)c1cccc(S(=O)(=O)O)c1. The molecular formula is C40H36N3O9S3+. The minimum atomic E-state index is -4.39. The van der Waals surface area contributed by atoms with E-state index >= 15 is 0 Å². The van der Waals surface area contributed by atoms with E-state index in [0.717, 1.165) is 39.4 Å². The Morgan fingerprint density at radius 2 is 0.873 bits per heavy atom. The minimum absolute atomic E-state index is 0.218. The van der Waals surface area contributed by atoms with Gasteiger partial charge in [0.05, 0.1) is 9.79 Å². The lowest BCUT2D eigenvalue weighted by atomic mass is 9.90. The van der Waals surface area contributed by atoms with Crippen molar-refractivity contribution >= 4 is 70.1 Å². The maximum Gasteiger partial charge on any atom is 0.294 e. The molecule has 0 unspecified atom stereocenters. The summed E-state index contributed by atoms with van der Waals surface area (Å²) in [7, 11) is -7.82. The van der Waals surface area contributed by atoms with Crippen molar-refractivity contribution in [2.75, 3.05) is 30.9 Å². The predicted molar refractivity (Wildman–Crippen MR) is 213 cm³/mol. The lowest BCUT2D eigenvalue weighted by Gasteiger charge is -2.22. The van der Waals surface area contributed by atoms with Crippen LogP contribution >= 0.6 is 0 Å². The van der Waals surface area contributed by atoms with Gasteiger partial charge in [-0.05, 0) is 101 Å². The van der Waals surface area contributed by atoms with Crippen molar-refractivity contribution in [2.45, 2.75) is 14.7 Å². The Kier molecular flexibility index (Phi) is 10.8. The molecule has 0 aromatic heterocycles. The molecule has 0 bridgehead atoms. The van der Waals surface area contributed by atoms with Gasteiger partial charge >= 0.3 is 0 Å². The largest absolute Gasteiger partial charge is 0.345 e. The van der Waals surface area contributed by atoms with Crippen molar-refractivity contribution < 1.29 is 43.5 Å². The number of rotatable bonds is 10. The average Bonchev–Trinajstić information content (AvgIpc) is 3.17. The highest BCUT2D eigenvalue weighted by molar-refractivity contribution is 7.86. The van der Waals surface area contributed by atoms with Gasteiger partial charge in [-0.2, -0.15) is 29.8 Å². The zero-order valence-electron chi connectivity index (χ0n) is 29.7. The molecule has 282 valence electrons. The van der Waals surface area contributed by atoms with E-state index in [0.29, 0.717) is 17.1 Å². The van der Waals surface area contributed by atoms with Crippen LogP contribution in [0.1, 0.15) is 11.1 Å². The molecule has 0 saturated heterocycles. The number of hydrogen-bond acceptors (Lipinski definition) is 8. The van der Waals surface area contributed by atoms with Crippen LogP contribution in [-0.4, -0.2) is 70.3 Å². The summed E-state index contributed by atoms with van der Waals surface area (Å²) >= 11 is 0. The molecule has 55 heavy (non-hydrogen) atoms. The third-order valence-corrected chi connectivity index (χ3v) is 11.7. The van der Waals surface area contributed by atoms with E-state index < -0.39 is 30.4 Å². The van der Waals surface area contributed by atoms with Crippen molar-refractivity contribution in [3.63, 3.8) is 0 Å². The van der Waals surface area contributed by atoms with E-state index in [9.17, 15) is 38.9 Å². The molecular weight excluding hydrogens is 763 g/mol. The first-order valence-corrected chi connectivity index (χ1v) is 20.8. The summed E-state index contributed by atoms with van der Waals surface area (Å²) < 4.78 is 101. The zero-order chi connectivity index (χ0) is 39.7. The molecule has 15 heteroatoms. The van der Waals surface area contributed by atoms with Crippen molar-refractivity contribution in [1.82, 2.24) is 0 Å². The molecule has 5 aromatic carbocycles. The fourth-order valence-corrected chi connectivity index (χ4v) is 7.62. The first-order chi connectivity index (χ1) is 25.9. The number of hydrogen-bond donors (Lipinski definition) is 3. The van der Waals surface area contributed by atoms with Gasteiger partial charge in [0.2, 0.25) is 11.4 Å². The van der Waals surface area contributed by atoms with Gasteiger partial charge in [0, 0.05) is 61.1 Å². The summed E-state index contributed by atoms with van der Waals surface area (Å²) in [5.74, 6) is 0. The second kappa shape index (κ2) is 15.2. The standard InChI is InChI=1S/C40H35N3O9S3/c1-41(34-7-4-10-37(25-34)53(44,45)46)31-19-13-28(14-20-31)40(29-15-21-32(22-16-29)42(2)35-8-5-11-38(26-35)54(47,48)49)30-17-23-33(24-18-30)43(3)36-9-6-12-39(27-36)55(50,51)52/h4-27H,1-3H3,(H2-,44,45,46,47,48,49,50,51,52)/p+1. The molecule has 0 atom stereocenters. The monoisotopic (exact) mass is 798 g/mol. The second-order valence-corrected chi connectivity index (χ2v) is 16.9. The molecule has 0 amide bonds. The van der Waals surface area contributed by atoms with Crippen LogP contribution in [0, 0.1) is 0 Å². The van der Waals surface area contributed by atoms with Crippen molar-refractivity contribution in [3.05, 3.63) is 162 Å². The van der Waals surface area contributed by atoms with Gasteiger partial charge in [-0.15, -0.1) is 0 Å². The van der Waals surface area contributed by atoms with Crippen molar-refractivity contribution in [2.24, 2.45) is 0 Å². The Morgan fingerprint density at radius 1 is 0.491 bits per heavy atom. The Morgan fingerprint density at radius 3 is 1.27 bits per heavy atom. The predicted octanol–water partition coefficient (Wildman–Crippen LogP) is 7.31. The minimum Gasteiger partial charge on any atom is -0.345 e. The second-order valence-electron chi connectivity index (χ2n) is 12.6. The Bertz CT molecular complexity index is 2610. The first-order valence-electron chi connectivity index (χ1n) is 16.5. The van der Waals surface area contributed by atoms with Crippen LogP contribution in [0.5, 0.6) is 0 Å². The summed E-state index contributed by atoms with van der Waals surface area (Å²) in [5, 5.41) is 0. The molecule has 0 heterocycles. The summed E-state index contributed by atoms with van der Waals surface area (Å²) in [4.78, 5) is 2.93. The Labute approximate surface area is 320 Å². The summed E-state index contributed by atoms with van der Waals surface area (Å²) in [6.45, 7) is 0. The number of benzene rings is 5. The lowest BCUT2D eigenvalue weighted by Crippen LogP contribution is -2.12. The van der Waals surface area contributed by atoms with Crippen LogP contribution in [0.3, 0.4) is 0 Å². The zero-order valence-corrected chi connectivity index (χ0v) is 32.2. The highest BCUT2D eigenvalue weighted by atomic mass is 32.2. The molecule has 0 fully saturated rings. The molecule has 0 aliphatic heterocycles. The third kappa shape index (κ3) is 8.84. The van der Waals surface area contributed by atoms with Gasteiger partial charge in [-0.3, -0.25) is 13.7 Å². The van der Waals surface area contributed by atoms with E-state index in [2.05, 4.69) is 0 Å². The van der Waals surface area contributed by atoms with Crippen LogP contribution < -0.4 is 9.80 Å². The fraction of sp³-hybridized carbons (Fsp3) is 0.0750. The number of allylic oxidation sites excluding steroid dienone is 5. The van der Waals surface area contributed by atoms with Crippen LogP contribution in [0.4, 0.5) is 28.4 Å². The third-order valence-electron chi connectivity index (χ3n) is 9.14. The molecule has 12 nitrogen and oxygen atoms in total. The molecule has 0 spiro atoms. The smallest absolute Gasteiger partial charge is 0.294 e. The van der Waals surface area contributed by atoms with Crippen LogP contribution in [0.2, 0.25) is 0 Å². The van der Waals surface area contributed by atoms with Gasteiger partial charge in [0.15, 0.2) is 0 Å². The summed E-state index contributed by atoms with van der Waals surface area (Å²) in [6.07, 6.45) is 7.67. The molecule has 0 saturated carbocycles. The normalized spacial score (nSPS) is 13.1. The summed E-state index contributed by atoms with van der Waals surface area (Å²) in [6, 6.07) is 33.3. The first kappa shape index (κ1) is 39.0. The van der Waals surface area contributed by atoms with Crippen molar-refractivity contribution in [1.29, 1.82) is 0 Å². The quantitative estimate of drug-likeness (QED) is 0.0956. The Balaban J connectivity index is 1.39. The van der Waals surface area contributed by atoms with Crippen LogP contribution in [0.15, 0.2) is 166 Å². The summed E-state index contributed by atoms with van der Waals surface area (Å²) in [5.41, 5.74) is 7.35. The molecule has 1 aliphatic carbocycles.